The van der Waals surface area contributed by atoms with Crippen molar-refractivity contribution in [2.45, 2.75) is 38.3 Å². The molecule has 1 aliphatic heterocycles. The Morgan fingerprint density at radius 1 is 1.35 bits per heavy atom. The van der Waals surface area contributed by atoms with E-state index < -0.39 is 0 Å². The van der Waals surface area contributed by atoms with E-state index in [1.165, 1.54) is 0 Å². The quantitative estimate of drug-likeness (QED) is 0.912. The number of nitrogens with zero attached hydrogens (tertiary/aromatic N) is 3. The SMILES string of the molecule is O=C(CCc1ccccn1)NC1CCc2nccn2C1. The van der Waals surface area contributed by atoms with Gasteiger partial charge in [-0.3, -0.25) is 9.78 Å². The van der Waals surface area contributed by atoms with E-state index in [9.17, 15) is 4.79 Å². The van der Waals surface area contributed by atoms with Crippen LogP contribution in [0.1, 0.15) is 24.4 Å². The van der Waals surface area contributed by atoms with Crippen molar-refractivity contribution in [1.29, 1.82) is 0 Å². The summed E-state index contributed by atoms with van der Waals surface area (Å²) in [5.74, 6) is 1.22. The highest BCUT2D eigenvalue weighted by Gasteiger charge is 2.20. The fourth-order valence-corrected chi connectivity index (χ4v) is 2.57. The van der Waals surface area contributed by atoms with Crippen molar-refractivity contribution in [3.8, 4) is 0 Å². The van der Waals surface area contributed by atoms with Crippen LogP contribution in [0.2, 0.25) is 0 Å². The fourth-order valence-electron chi connectivity index (χ4n) is 2.57. The lowest BCUT2D eigenvalue weighted by atomic mass is 10.1. The van der Waals surface area contributed by atoms with E-state index in [0.29, 0.717) is 12.8 Å². The first-order valence-electron chi connectivity index (χ1n) is 7.00. The molecule has 1 aliphatic rings. The second-order valence-electron chi connectivity index (χ2n) is 5.12. The van der Waals surface area contributed by atoms with Crippen LogP contribution in [0, 0.1) is 0 Å². The van der Waals surface area contributed by atoms with Crippen LogP contribution in [0.15, 0.2) is 36.8 Å². The summed E-state index contributed by atoms with van der Waals surface area (Å²) in [6.07, 6.45) is 8.63. The molecule has 1 atom stereocenters. The Kier molecular flexibility index (Phi) is 3.76. The molecule has 0 fully saturated rings. The molecule has 1 unspecified atom stereocenters. The van der Waals surface area contributed by atoms with Gasteiger partial charge in [0, 0.05) is 49.7 Å². The first-order valence-corrected chi connectivity index (χ1v) is 7.00. The molecule has 0 radical (unpaired) electrons. The van der Waals surface area contributed by atoms with Crippen molar-refractivity contribution >= 4 is 5.91 Å². The van der Waals surface area contributed by atoms with Gasteiger partial charge in [0.2, 0.25) is 5.91 Å². The second-order valence-corrected chi connectivity index (χ2v) is 5.12. The predicted molar refractivity (Wildman–Crippen MR) is 75.0 cm³/mol. The molecular weight excluding hydrogens is 252 g/mol. The molecular formula is C15H18N4O. The van der Waals surface area contributed by atoms with Gasteiger partial charge in [-0.1, -0.05) is 6.07 Å². The molecule has 0 saturated carbocycles. The molecule has 5 heteroatoms. The molecule has 20 heavy (non-hydrogen) atoms. The predicted octanol–water partition coefficient (Wildman–Crippen LogP) is 1.34. The Morgan fingerprint density at radius 3 is 3.15 bits per heavy atom. The van der Waals surface area contributed by atoms with E-state index in [-0.39, 0.29) is 11.9 Å². The third-order valence-electron chi connectivity index (χ3n) is 3.63. The van der Waals surface area contributed by atoms with Crippen molar-refractivity contribution in [2.75, 3.05) is 0 Å². The summed E-state index contributed by atoms with van der Waals surface area (Å²) in [6, 6.07) is 6.00. The number of fused-ring (bicyclic) bond motifs is 1. The third-order valence-corrected chi connectivity index (χ3v) is 3.63. The lowest BCUT2D eigenvalue weighted by molar-refractivity contribution is -0.122. The number of aryl methyl sites for hydroxylation is 2. The Balaban J connectivity index is 1.48. The zero-order valence-corrected chi connectivity index (χ0v) is 11.3. The molecule has 0 saturated heterocycles. The van der Waals surface area contributed by atoms with E-state index in [0.717, 1.165) is 30.9 Å². The van der Waals surface area contributed by atoms with Gasteiger partial charge in [-0.15, -0.1) is 0 Å². The van der Waals surface area contributed by atoms with Crippen molar-refractivity contribution in [1.82, 2.24) is 19.9 Å². The number of carbonyl (C=O) groups excluding carboxylic acids is 1. The smallest absolute Gasteiger partial charge is 0.220 e. The molecule has 0 spiro atoms. The molecule has 0 aliphatic carbocycles. The maximum absolute atomic E-state index is 12.0. The molecule has 1 N–H and O–H groups in total. The lowest BCUT2D eigenvalue weighted by Gasteiger charge is -2.24. The normalized spacial score (nSPS) is 17.5. The summed E-state index contributed by atoms with van der Waals surface area (Å²) < 4.78 is 2.12. The van der Waals surface area contributed by atoms with Crippen LogP contribution in [0.3, 0.4) is 0 Å². The molecule has 5 nitrogen and oxygen atoms in total. The van der Waals surface area contributed by atoms with Gasteiger partial charge in [0.15, 0.2) is 0 Å². The average Bonchev–Trinajstić information content (AvgIpc) is 2.94. The summed E-state index contributed by atoms with van der Waals surface area (Å²) in [4.78, 5) is 20.5. The van der Waals surface area contributed by atoms with Gasteiger partial charge in [-0.05, 0) is 25.0 Å². The summed E-state index contributed by atoms with van der Waals surface area (Å²) in [6.45, 7) is 0.824. The summed E-state index contributed by atoms with van der Waals surface area (Å²) in [5, 5.41) is 3.10. The maximum atomic E-state index is 12.0. The monoisotopic (exact) mass is 270 g/mol. The molecule has 2 aromatic heterocycles. The molecule has 2 aromatic rings. The third kappa shape index (κ3) is 3.04. The number of nitrogens with one attached hydrogen (secondary N) is 1. The van der Waals surface area contributed by atoms with Crippen LogP contribution in [-0.4, -0.2) is 26.5 Å². The van der Waals surface area contributed by atoms with Crippen LogP contribution >= 0.6 is 0 Å². The molecule has 0 bridgehead atoms. The molecule has 0 aromatic carbocycles. The van der Waals surface area contributed by atoms with E-state index in [1.54, 1.807) is 6.20 Å². The summed E-state index contributed by atoms with van der Waals surface area (Å²) in [5.41, 5.74) is 0.961. The van der Waals surface area contributed by atoms with Gasteiger partial charge in [-0.2, -0.15) is 0 Å². The van der Waals surface area contributed by atoms with Crippen molar-refractivity contribution in [3.05, 3.63) is 48.3 Å². The largest absolute Gasteiger partial charge is 0.352 e. The minimum absolute atomic E-state index is 0.101. The molecule has 1 amide bonds. The minimum Gasteiger partial charge on any atom is -0.352 e. The summed E-state index contributed by atoms with van der Waals surface area (Å²) in [7, 11) is 0. The van der Waals surface area contributed by atoms with Crippen molar-refractivity contribution < 1.29 is 4.79 Å². The standard InChI is InChI=1S/C15H18N4O/c20-15(7-5-12-3-1-2-8-16-12)18-13-4-6-14-17-9-10-19(14)11-13/h1-3,8-10,13H,4-7,11H2,(H,18,20). The van der Waals surface area contributed by atoms with Crippen LogP contribution in [0.25, 0.3) is 0 Å². The highest BCUT2D eigenvalue weighted by molar-refractivity contribution is 5.76. The van der Waals surface area contributed by atoms with Crippen LogP contribution in [0.5, 0.6) is 0 Å². The van der Waals surface area contributed by atoms with Gasteiger partial charge in [0.25, 0.3) is 0 Å². The van der Waals surface area contributed by atoms with Gasteiger partial charge in [0.1, 0.15) is 5.82 Å². The number of carbonyl (C=O) groups is 1. The number of aromatic nitrogens is 3. The van der Waals surface area contributed by atoms with Crippen LogP contribution < -0.4 is 5.32 Å². The average molecular weight is 270 g/mol. The first-order chi connectivity index (χ1) is 9.81. The lowest BCUT2D eigenvalue weighted by Crippen LogP contribution is -2.41. The maximum Gasteiger partial charge on any atom is 0.220 e. The van der Waals surface area contributed by atoms with Crippen molar-refractivity contribution in [2.24, 2.45) is 0 Å². The Labute approximate surface area is 118 Å². The summed E-state index contributed by atoms with van der Waals surface area (Å²) >= 11 is 0. The Bertz CT molecular complexity index is 579. The highest BCUT2D eigenvalue weighted by atomic mass is 16.1. The number of rotatable bonds is 4. The van der Waals surface area contributed by atoms with Crippen molar-refractivity contribution in [3.63, 3.8) is 0 Å². The number of imidazole rings is 1. The molecule has 3 rings (SSSR count). The van der Waals surface area contributed by atoms with Gasteiger partial charge in [-0.25, -0.2) is 4.98 Å². The zero-order valence-electron chi connectivity index (χ0n) is 11.3. The number of hydrogen-bond donors (Lipinski definition) is 1. The Morgan fingerprint density at radius 2 is 2.30 bits per heavy atom. The highest BCUT2D eigenvalue weighted by Crippen LogP contribution is 2.13. The topological polar surface area (TPSA) is 59.8 Å². The molecule has 3 heterocycles. The zero-order chi connectivity index (χ0) is 13.8. The van der Waals surface area contributed by atoms with E-state index in [4.69, 9.17) is 0 Å². The van der Waals surface area contributed by atoms with E-state index >= 15 is 0 Å². The van der Waals surface area contributed by atoms with Crippen LogP contribution in [0.4, 0.5) is 0 Å². The molecule has 104 valence electrons. The Hall–Kier alpha value is -2.17. The van der Waals surface area contributed by atoms with Gasteiger partial charge < -0.3 is 9.88 Å². The van der Waals surface area contributed by atoms with Crippen LogP contribution in [-0.2, 0) is 24.2 Å². The number of pyridine rings is 1. The fraction of sp³-hybridized carbons (Fsp3) is 0.400. The van der Waals surface area contributed by atoms with Gasteiger partial charge >= 0.3 is 0 Å². The minimum atomic E-state index is 0.101. The number of amides is 1. The number of hydrogen-bond acceptors (Lipinski definition) is 3. The second kappa shape index (κ2) is 5.86. The van der Waals surface area contributed by atoms with Gasteiger partial charge in [0.05, 0.1) is 0 Å². The van der Waals surface area contributed by atoms with E-state index in [2.05, 4.69) is 19.9 Å². The first kappa shape index (κ1) is 12.8. The van der Waals surface area contributed by atoms with E-state index in [1.807, 2.05) is 30.6 Å².